The molecule has 1 aliphatic rings. The van der Waals surface area contributed by atoms with Crippen LogP contribution in [0.4, 0.5) is 0 Å². The smallest absolute Gasteiger partial charge is 0.263 e. The highest BCUT2D eigenvalue weighted by Gasteiger charge is 2.30. The van der Waals surface area contributed by atoms with Gasteiger partial charge in [-0.2, -0.15) is 4.37 Å². The van der Waals surface area contributed by atoms with E-state index in [0.717, 1.165) is 22.9 Å². The first-order valence-corrected chi connectivity index (χ1v) is 6.61. The fourth-order valence-corrected chi connectivity index (χ4v) is 3.02. The average Bonchev–Trinajstić information content (AvgIpc) is 2.96. The molecule has 0 saturated carbocycles. The summed E-state index contributed by atoms with van der Waals surface area (Å²) in [5, 5.41) is 0. The summed E-state index contributed by atoms with van der Waals surface area (Å²) < 4.78 is 10.4. The number of nitrogens with one attached hydrogen (secondary N) is 1. The van der Waals surface area contributed by atoms with E-state index >= 15 is 0 Å². The van der Waals surface area contributed by atoms with Crippen molar-refractivity contribution in [3.63, 3.8) is 0 Å². The van der Waals surface area contributed by atoms with E-state index in [1.165, 1.54) is 17.9 Å². The SMILES string of the molecule is NNC(=O)C1CCC(CSc2ncns2)O1. The maximum atomic E-state index is 11.2. The molecular formula is C8H12N4O2S2. The lowest BCUT2D eigenvalue weighted by Gasteiger charge is -2.11. The molecule has 0 aromatic carbocycles. The normalized spacial score (nSPS) is 24.6. The zero-order valence-corrected chi connectivity index (χ0v) is 10.1. The number of amides is 1. The van der Waals surface area contributed by atoms with Crippen LogP contribution < -0.4 is 11.3 Å². The van der Waals surface area contributed by atoms with Crippen LogP contribution >= 0.6 is 23.3 Å². The van der Waals surface area contributed by atoms with Crippen LogP contribution in [0.15, 0.2) is 10.7 Å². The van der Waals surface area contributed by atoms with Gasteiger partial charge in [-0.1, -0.05) is 11.8 Å². The lowest BCUT2D eigenvalue weighted by atomic mass is 10.2. The third-order valence-electron chi connectivity index (χ3n) is 2.28. The van der Waals surface area contributed by atoms with E-state index < -0.39 is 6.10 Å². The van der Waals surface area contributed by atoms with Crippen molar-refractivity contribution in [1.82, 2.24) is 14.8 Å². The Hall–Kier alpha value is -0.700. The molecule has 2 rings (SSSR count). The van der Waals surface area contributed by atoms with Gasteiger partial charge >= 0.3 is 0 Å². The summed E-state index contributed by atoms with van der Waals surface area (Å²) in [6.45, 7) is 0. The first kappa shape index (κ1) is 11.8. The maximum Gasteiger partial charge on any atom is 0.263 e. The Labute approximate surface area is 101 Å². The Morgan fingerprint density at radius 1 is 1.75 bits per heavy atom. The molecule has 88 valence electrons. The zero-order chi connectivity index (χ0) is 11.4. The van der Waals surface area contributed by atoms with Crippen LogP contribution in [-0.4, -0.2) is 33.2 Å². The summed E-state index contributed by atoms with van der Waals surface area (Å²) in [5.41, 5.74) is 2.11. The number of hydrogen-bond acceptors (Lipinski definition) is 7. The molecule has 0 radical (unpaired) electrons. The van der Waals surface area contributed by atoms with E-state index in [1.54, 1.807) is 11.8 Å². The third kappa shape index (κ3) is 2.91. The molecule has 0 aliphatic carbocycles. The zero-order valence-electron chi connectivity index (χ0n) is 8.46. The fourth-order valence-electron chi connectivity index (χ4n) is 1.50. The Morgan fingerprint density at radius 3 is 3.31 bits per heavy atom. The topological polar surface area (TPSA) is 90.1 Å². The lowest BCUT2D eigenvalue weighted by molar-refractivity contribution is -0.131. The van der Waals surface area contributed by atoms with Gasteiger partial charge in [0, 0.05) is 5.75 Å². The van der Waals surface area contributed by atoms with Crippen LogP contribution in [0.2, 0.25) is 0 Å². The first-order valence-electron chi connectivity index (χ1n) is 4.85. The van der Waals surface area contributed by atoms with Crippen LogP contribution in [0.25, 0.3) is 0 Å². The predicted octanol–water partition coefficient (Wildman–Crippen LogP) is 0.168. The molecule has 1 fully saturated rings. The Morgan fingerprint density at radius 2 is 2.62 bits per heavy atom. The molecule has 1 aliphatic heterocycles. The van der Waals surface area contributed by atoms with Crippen molar-refractivity contribution in [2.24, 2.45) is 5.84 Å². The van der Waals surface area contributed by atoms with E-state index in [-0.39, 0.29) is 12.0 Å². The van der Waals surface area contributed by atoms with Gasteiger partial charge in [-0.25, -0.2) is 10.8 Å². The number of aromatic nitrogens is 2. The number of carbonyl (C=O) groups is 1. The van der Waals surface area contributed by atoms with Crippen LogP contribution in [-0.2, 0) is 9.53 Å². The lowest BCUT2D eigenvalue weighted by Crippen LogP contribution is -2.39. The minimum absolute atomic E-state index is 0.0937. The van der Waals surface area contributed by atoms with Crippen molar-refractivity contribution in [3.05, 3.63) is 6.33 Å². The molecule has 0 spiro atoms. The molecule has 1 aromatic rings. The highest BCUT2D eigenvalue weighted by Crippen LogP contribution is 2.26. The Bertz CT molecular complexity index is 346. The Kier molecular flexibility index (Phi) is 4.10. The third-order valence-corrected chi connectivity index (χ3v) is 4.21. The molecule has 2 unspecified atom stereocenters. The van der Waals surface area contributed by atoms with Crippen LogP contribution in [0, 0.1) is 0 Å². The second kappa shape index (κ2) is 5.58. The molecule has 2 atom stereocenters. The molecule has 6 nitrogen and oxygen atoms in total. The summed E-state index contributed by atoms with van der Waals surface area (Å²) in [4.78, 5) is 15.3. The molecule has 1 amide bonds. The second-order valence-corrected chi connectivity index (χ2v) is 5.40. The molecule has 16 heavy (non-hydrogen) atoms. The van der Waals surface area contributed by atoms with E-state index in [2.05, 4.69) is 14.8 Å². The van der Waals surface area contributed by atoms with Crippen LogP contribution in [0.1, 0.15) is 12.8 Å². The number of hydrogen-bond donors (Lipinski definition) is 2. The van der Waals surface area contributed by atoms with Gasteiger partial charge in [-0.3, -0.25) is 10.2 Å². The van der Waals surface area contributed by atoms with Crippen molar-refractivity contribution in [2.75, 3.05) is 5.75 Å². The summed E-state index contributed by atoms with van der Waals surface area (Å²) in [7, 11) is 0. The Balaban J connectivity index is 1.75. The first-order chi connectivity index (χ1) is 7.79. The van der Waals surface area contributed by atoms with Crippen molar-refractivity contribution in [2.45, 2.75) is 29.4 Å². The van der Waals surface area contributed by atoms with Gasteiger partial charge in [0.15, 0.2) is 4.34 Å². The minimum atomic E-state index is -0.398. The number of ether oxygens (including phenoxy) is 1. The summed E-state index contributed by atoms with van der Waals surface area (Å²) in [6.07, 6.45) is 2.84. The van der Waals surface area contributed by atoms with E-state index in [9.17, 15) is 4.79 Å². The van der Waals surface area contributed by atoms with E-state index in [1.807, 2.05) is 0 Å². The number of hydrazine groups is 1. The maximum absolute atomic E-state index is 11.2. The molecular weight excluding hydrogens is 248 g/mol. The predicted molar refractivity (Wildman–Crippen MR) is 60.9 cm³/mol. The van der Waals surface area contributed by atoms with Gasteiger partial charge in [0.1, 0.15) is 12.4 Å². The molecule has 8 heteroatoms. The number of thioether (sulfide) groups is 1. The van der Waals surface area contributed by atoms with Gasteiger partial charge in [0.2, 0.25) is 0 Å². The van der Waals surface area contributed by atoms with Crippen molar-refractivity contribution >= 4 is 29.2 Å². The quantitative estimate of drug-likeness (QED) is 0.347. The number of nitrogens with zero attached hydrogens (tertiary/aromatic N) is 2. The molecule has 2 heterocycles. The number of nitrogens with two attached hydrogens (primary N) is 1. The largest absolute Gasteiger partial charge is 0.364 e. The van der Waals surface area contributed by atoms with Gasteiger partial charge in [-0.05, 0) is 24.4 Å². The molecule has 1 aromatic heterocycles. The van der Waals surface area contributed by atoms with Crippen LogP contribution in [0.3, 0.4) is 0 Å². The van der Waals surface area contributed by atoms with Crippen LogP contribution in [0.5, 0.6) is 0 Å². The van der Waals surface area contributed by atoms with Crippen molar-refractivity contribution < 1.29 is 9.53 Å². The second-order valence-electron chi connectivity index (χ2n) is 3.35. The van der Waals surface area contributed by atoms with E-state index in [4.69, 9.17) is 10.6 Å². The fraction of sp³-hybridized carbons (Fsp3) is 0.625. The van der Waals surface area contributed by atoms with E-state index in [0.29, 0.717) is 0 Å². The highest BCUT2D eigenvalue weighted by atomic mass is 32.2. The average molecular weight is 260 g/mol. The van der Waals surface area contributed by atoms with Gasteiger partial charge in [0.05, 0.1) is 6.10 Å². The van der Waals surface area contributed by atoms with Gasteiger partial charge in [-0.15, -0.1) is 0 Å². The summed E-state index contributed by atoms with van der Waals surface area (Å²) >= 11 is 2.97. The van der Waals surface area contributed by atoms with Gasteiger partial charge in [0.25, 0.3) is 5.91 Å². The summed E-state index contributed by atoms with van der Waals surface area (Å²) in [5.74, 6) is 5.60. The molecule has 3 N–H and O–H groups in total. The minimum Gasteiger partial charge on any atom is -0.364 e. The standard InChI is InChI=1S/C8H12N4O2S2/c9-12-7(13)6-2-1-5(14-6)3-15-8-10-4-11-16-8/h4-6H,1-3,9H2,(H,12,13). The number of rotatable bonds is 4. The van der Waals surface area contributed by atoms with Crippen molar-refractivity contribution in [1.29, 1.82) is 0 Å². The van der Waals surface area contributed by atoms with Gasteiger partial charge < -0.3 is 4.74 Å². The highest BCUT2D eigenvalue weighted by molar-refractivity contribution is 8.00. The van der Waals surface area contributed by atoms with Crippen molar-refractivity contribution in [3.8, 4) is 0 Å². The summed E-state index contributed by atoms with van der Waals surface area (Å²) in [6, 6.07) is 0. The monoisotopic (exact) mass is 260 g/mol. The molecule has 1 saturated heterocycles. The number of carbonyl (C=O) groups excluding carboxylic acids is 1. The molecule has 0 bridgehead atoms.